The molecule has 1 nitrogen and oxygen atoms in total. The van der Waals surface area contributed by atoms with E-state index in [2.05, 4.69) is 48.1 Å². The Balaban J connectivity index is 2.23. The van der Waals surface area contributed by atoms with Crippen LogP contribution in [0.4, 0.5) is 5.69 Å². The predicted molar refractivity (Wildman–Crippen MR) is 85.0 cm³/mol. The molecule has 0 saturated heterocycles. The van der Waals surface area contributed by atoms with Crippen molar-refractivity contribution in [2.45, 2.75) is 26.8 Å². The van der Waals surface area contributed by atoms with Crippen LogP contribution in [0, 0.1) is 13.8 Å². The van der Waals surface area contributed by atoms with E-state index in [9.17, 15) is 0 Å². The van der Waals surface area contributed by atoms with Gasteiger partial charge in [0.2, 0.25) is 0 Å². The van der Waals surface area contributed by atoms with Crippen LogP contribution < -0.4 is 5.32 Å². The number of hydrogen-bond acceptors (Lipinski definition) is 2. The largest absolute Gasteiger partial charge is 0.377 e. The van der Waals surface area contributed by atoms with Gasteiger partial charge in [-0.1, -0.05) is 27.5 Å². The minimum absolute atomic E-state index is 0.252. The van der Waals surface area contributed by atoms with E-state index < -0.39 is 0 Å². The van der Waals surface area contributed by atoms with Crippen molar-refractivity contribution in [2.24, 2.45) is 0 Å². The second-order valence-corrected chi connectivity index (χ2v) is 7.14. The minimum Gasteiger partial charge on any atom is -0.377 e. The number of benzene rings is 1. The Kier molecular flexibility index (Phi) is 4.36. The number of aryl methyl sites for hydroxylation is 2. The Morgan fingerprint density at radius 3 is 2.61 bits per heavy atom. The van der Waals surface area contributed by atoms with E-state index in [1.807, 2.05) is 29.5 Å². The first-order chi connectivity index (χ1) is 8.47. The Hall–Kier alpha value is -0.510. The van der Waals surface area contributed by atoms with Crippen LogP contribution in [-0.2, 0) is 0 Å². The molecule has 0 aliphatic rings. The average molecular weight is 345 g/mol. The maximum absolute atomic E-state index is 6.19. The minimum atomic E-state index is 0.252. The summed E-state index contributed by atoms with van der Waals surface area (Å²) in [6.45, 7) is 6.46. The molecule has 0 radical (unpaired) electrons. The highest BCUT2D eigenvalue weighted by Gasteiger charge is 2.12. The molecule has 0 spiro atoms. The zero-order chi connectivity index (χ0) is 13.3. The molecule has 0 aliphatic carbocycles. The summed E-state index contributed by atoms with van der Waals surface area (Å²) in [4.78, 5) is 2.70. The van der Waals surface area contributed by atoms with Crippen molar-refractivity contribution in [3.63, 3.8) is 0 Å². The molecule has 0 fully saturated rings. The third kappa shape index (κ3) is 3.08. The lowest BCUT2D eigenvalue weighted by Crippen LogP contribution is -2.07. The van der Waals surface area contributed by atoms with Crippen molar-refractivity contribution in [3.05, 3.63) is 49.1 Å². The topological polar surface area (TPSA) is 12.0 Å². The number of anilines is 1. The molecule has 96 valence electrons. The van der Waals surface area contributed by atoms with E-state index in [0.717, 1.165) is 15.2 Å². The molecule has 2 rings (SSSR count). The first-order valence-electron chi connectivity index (χ1n) is 5.76. The quantitative estimate of drug-likeness (QED) is 0.725. The van der Waals surface area contributed by atoms with Gasteiger partial charge in [-0.05, 0) is 50.6 Å². The van der Waals surface area contributed by atoms with Crippen LogP contribution in [-0.4, -0.2) is 0 Å². The summed E-state index contributed by atoms with van der Waals surface area (Å²) in [6, 6.07) is 8.34. The zero-order valence-corrected chi connectivity index (χ0v) is 13.7. The summed E-state index contributed by atoms with van der Waals surface area (Å²) >= 11 is 11.5. The average Bonchev–Trinajstić information content (AvgIpc) is 2.63. The monoisotopic (exact) mass is 343 g/mol. The van der Waals surface area contributed by atoms with Crippen molar-refractivity contribution in [2.75, 3.05) is 5.32 Å². The molecule has 0 aliphatic heterocycles. The van der Waals surface area contributed by atoms with Crippen LogP contribution in [0.3, 0.4) is 0 Å². The van der Waals surface area contributed by atoms with Gasteiger partial charge in [0.25, 0.3) is 0 Å². The number of hydrogen-bond donors (Lipinski definition) is 1. The Labute approximate surface area is 125 Å². The van der Waals surface area contributed by atoms with Crippen molar-refractivity contribution in [1.82, 2.24) is 0 Å². The first-order valence-corrected chi connectivity index (χ1v) is 7.74. The summed E-state index contributed by atoms with van der Waals surface area (Å²) in [6.07, 6.45) is 0. The van der Waals surface area contributed by atoms with Gasteiger partial charge < -0.3 is 5.32 Å². The van der Waals surface area contributed by atoms with Crippen molar-refractivity contribution >= 4 is 44.6 Å². The molecule has 0 amide bonds. The molecular formula is C14H15BrClNS. The van der Waals surface area contributed by atoms with Crippen molar-refractivity contribution in [3.8, 4) is 0 Å². The molecule has 1 unspecified atom stereocenters. The molecule has 0 saturated carbocycles. The molecule has 1 heterocycles. The summed E-state index contributed by atoms with van der Waals surface area (Å²) in [5.41, 5.74) is 2.30. The van der Waals surface area contributed by atoms with E-state index in [4.69, 9.17) is 11.6 Å². The van der Waals surface area contributed by atoms with Gasteiger partial charge in [-0.3, -0.25) is 0 Å². The van der Waals surface area contributed by atoms with E-state index in [0.29, 0.717) is 0 Å². The van der Waals surface area contributed by atoms with Gasteiger partial charge in [0, 0.05) is 20.3 Å². The standard InChI is InChI=1S/C14H15BrClNS/c1-8-6-12(10(3)18-8)9(2)17-14-7-11(15)4-5-13(14)16/h4-7,9,17H,1-3H3. The van der Waals surface area contributed by atoms with Gasteiger partial charge in [0.05, 0.1) is 10.7 Å². The SMILES string of the molecule is Cc1cc(C(C)Nc2cc(Br)ccc2Cl)c(C)s1. The van der Waals surface area contributed by atoms with Crippen LogP contribution in [0.5, 0.6) is 0 Å². The van der Waals surface area contributed by atoms with E-state index in [-0.39, 0.29) is 6.04 Å². The lowest BCUT2D eigenvalue weighted by molar-refractivity contribution is 0.881. The Bertz CT molecular complexity index is 565. The summed E-state index contributed by atoms with van der Waals surface area (Å²) < 4.78 is 1.03. The fourth-order valence-electron chi connectivity index (χ4n) is 2.00. The smallest absolute Gasteiger partial charge is 0.0638 e. The van der Waals surface area contributed by atoms with E-state index >= 15 is 0 Å². The zero-order valence-electron chi connectivity index (χ0n) is 10.6. The van der Waals surface area contributed by atoms with Crippen molar-refractivity contribution in [1.29, 1.82) is 0 Å². The molecule has 1 atom stereocenters. The second-order valence-electron chi connectivity index (χ2n) is 4.36. The fourth-order valence-corrected chi connectivity index (χ4v) is 3.56. The molecule has 18 heavy (non-hydrogen) atoms. The Morgan fingerprint density at radius 1 is 1.28 bits per heavy atom. The van der Waals surface area contributed by atoms with E-state index in [1.165, 1.54) is 15.3 Å². The highest BCUT2D eigenvalue weighted by molar-refractivity contribution is 9.10. The molecule has 2 aromatic rings. The van der Waals surface area contributed by atoms with Gasteiger partial charge in [0.1, 0.15) is 0 Å². The molecule has 1 aromatic heterocycles. The summed E-state index contributed by atoms with van der Waals surface area (Å²) in [5.74, 6) is 0. The van der Waals surface area contributed by atoms with Gasteiger partial charge in [-0.15, -0.1) is 11.3 Å². The lowest BCUT2D eigenvalue weighted by atomic mass is 10.1. The summed E-state index contributed by atoms with van der Waals surface area (Å²) in [5, 5.41) is 4.21. The number of thiophene rings is 1. The van der Waals surface area contributed by atoms with Crippen LogP contribution in [0.2, 0.25) is 5.02 Å². The van der Waals surface area contributed by atoms with Crippen LogP contribution in [0.15, 0.2) is 28.7 Å². The number of halogens is 2. The van der Waals surface area contributed by atoms with E-state index in [1.54, 1.807) is 0 Å². The highest BCUT2D eigenvalue weighted by Crippen LogP contribution is 2.32. The molecule has 1 aromatic carbocycles. The molecule has 0 bridgehead atoms. The van der Waals surface area contributed by atoms with Crippen molar-refractivity contribution < 1.29 is 0 Å². The van der Waals surface area contributed by atoms with Gasteiger partial charge in [0.15, 0.2) is 0 Å². The third-order valence-corrected chi connectivity index (χ3v) is 4.65. The van der Waals surface area contributed by atoms with Gasteiger partial charge in [-0.2, -0.15) is 0 Å². The fraction of sp³-hybridized carbons (Fsp3) is 0.286. The molecule has 4 heteroatoms. The second kappa shape index (κ2) is 5.64. The predicted octanol–water partition coefficient (Wildman–Crippen LogP) is 5.95. The van der Waals surface area contributed by atoms with Crippen LogP contribution in [0.1, 0.15) is 28.3 Å². The van der Waals surface area contributed by atoms with Crippen LogP contribution in [0.25, 0.3) is 0 Å². The van der Waals surface area contributed by atoms with Crippen LogP contribution >= 0.6 is 38.9 Å². The number of nitrogens with one attached hydrogen (secondary N) is 1. The number of rotatable bonds is 3. The van der Waals surface area contributed by atoms with Gasteiger partial charge in [-0.25, -0.2) is 0 Å². The maximum atomic E-state index is 6.19. The first kappa shape index (κ1) is 13.9. The summed E-state index contributed by atoms with van der Waals surface area (Å²) in [7, 11) is 0. The maximum Gasteiger partial charge on any atom is 0.0638 e. The molecule has 1 N–H and O–H groups in total. The normalized spacial score (nSPS) is 12.5. The molecular weight excluding hydrogens is 330 g/mol. The Morgan fingerprint density at radius 2 is 2.00 bits per heavy atom. The third-order valence-electron chi connectivity index (χ3n) is 2.85. The lowest BCUT2D eigenvalue weighted by Gasteiger charge is -2.16. The highest BCUT2D eigenvalue weighted by atomic mass is 79.9. The van der Waals surface area contributed by atoms with Gasteiger partial charge >= 0.3 is 0 Å².